The first kappa shape index (κ1) is 25.8. The highest BCUT2D eigenvalue weighted by Gasteiger charge is 2.98. The Morgan fingerprint density at radius 3 is 0.828 bits per heavy atom. The fourth-order valence-electron chi connectivity index (χ4n) is 2.04. The summed E-state index contributed by atoms with van der Waals surface area (Å²) in [4.78, 5) is 0. The lowest BCUT2D eigenvalue weighted by Gasteiger charge is -2.42. The topological polar surface area (TPSA) is 18.5 Å². The monoisotopic (exact) mass is 474 g/mol. The summed E-state index contributed by atoms with van der Waals surface area (Å²) in [6.07, 6.45) is -14.9. The van der Waals surface area contributed by atoms with Gasteiger partial charge in [0.25, 0.3) is 0 Å². The molecule has 1 rings (SSSR count). The van der Waals surface area contributed by atoms with E-state index < -0.39 is 67.4 Å². The van der Waals surface area contributed by atoms with E-state index in [1.165, 1.54) is 0 Å². The van der Waals surface area contributed by atoms with Gasteiger partial charge in [0.05, 0.1) is 0 Å². The van der Waals surface area contributed by atoms with Crippen molar-refractivity contribution in [2.45, 2.75) is 67.4 Å². The van der Waals surface area contributed by atoms with Gasteiger partial charge in [-0.1, -0.05) is 0 Å². The molecule has 0 aromatic rings. The number of hydrogen-bond donors (Lipinski definition) is 0. The van der Waals surface area contributed by atoms with Gasteiger partial charge in [-0.2, -0.15) is 70.2 Å². The van der Waals surface area contributed by atoms with Crippen molar-refractivity contribution in [1.29, 1.82) is 0 Å². The Labute approximate surface area is 148 Å². The van der Waals surface area contributed by atoms with E-state index in [9.17, 15) is 70.2 Å². The minimum absolute atomic E-state index is 1.15. The predicted octanol–water partition coefficient (Wildman–Crippen LogP) is 5.77. The van der Waals surface area contributed by atoms with E-state index in [4.69, 9.17) is 0 Å². The van der Waals surface area contributed by atoms with Crippen LogP contribution in [0, 0.1) is 0 Å². The first-order valence-corrected chi connectivity index (χ1v) is 6.59. The van der Waals surface area contributed by atoms with E-state index in [1.807, 2.05) is 0 Å². The third-order valence-corrected chi connectivity index (χ3v) is 3.64. The molecule has 1 saturated heterocycles. The van der Waals surface area contributed by atoms with Crippen LogP contribution < -0.4 is 0 Å². The van der Waals surface area contributed by atoms with Gasteiger partial charge >= 0.3 is 53.5 Å². The van der Waals surface area contributed by atoms with Crippen LogP contribution in [0.2, 0.25) is 0 Å². The molecule has 0 aliphatic carbocycles. The molecule has 174 valence electrons. The van der Waals surface area contributed by atoms with Gasteiger partial charge in [-0.15, -0.1) is 0 Å². The predicted molar refractivity (Wildman–Crippen MR) is 55.8 cm³/mol. The quantitative estimate of drug-likeness (QED) is 0.483. The molecule has 0 bridgehead atoms. The molecule has 0 spiro atoms. The molecule has 18 heteroatoms. The summed E-state index contributed by atoms with van der Waals surface area (Å²) < 4.78 is 217. The van der Waals surface area contributed by atoms with E-state index in [0.29, 0.717) is 0 Å². The van der Waals surface area contributed by atoms with Gasteiger partial charge in [0.15, 0.2) is 0 Å². The van der Waals surface area contributed by atoms with Crippen molar-refractivity contribution >= 4 is 0 Å². The zero-order valence-corrected chi connectivity index (χ0v) is 13.4. The van der Waals surface area contributed by atoms with E-state index >= 15 is 0 Å². The average molecular weight is 474 g/mol. The van der Waals surface area contributed by atoms with Gasteiger partial charge in [0.2, 0.25) is 0 Å². The van der Waals surface area contributed by atoms with Crippen LogP contribution in [0.25, 0.3) is 0 Å². The highest BCUT2D eigenvalue weighted by molar-refractivity contribution is 5.17. The maximum atomic E-state index is 14.5. The van der Waals surface area contributed by atoms with E-state index in [1.54, 1.807) is 0 Å². The molecule has 2 unspecified atom stereocenters. The van der Waals surface area contributed by atoms with Crippen LogP contribution in [0.15, 0.2) is 0 Å². The van der Waals surface area contributed by atoms with Crippen LogP contribution in [-0.4, -0.2) is 53.5 Å². The van der Waals surface area contributed by atoms with Crippen LogP contribution in [0.1, 0.15) is 13.8 Å². The van der Waals surface area contributed by atoms with Crippen molar-refractivity contribution in [3.05, 3.63) is 0 Å². The Balaban J connectivity index is 4.08. The van der Waals surface area contributed by atoms with Gasteiger partial charge in [-0.3, -0.25) is 9.47 Å². The fraction of sp³-hybridized carbons (Fsp3) is 1.00. The third kappa shape index (κ3) is 3.03. The third-order valence-electron chi connectivity index (χ3n) is 3.64. The number of ether oxygens (including phenoxy) is 2. The van der Waals surface area contributed by atoms with Crippen molar-refractivity contribution in [3.8, 4) is 0 Å². The molecule has 0 aromatic carbocycles. The van der Waals surface area contributed by atoms with E-state index in [-0.39, 0.29) is 0 Å². The number of hydrogen-bond acceptors (Lipinski definition) is 2. The normalized spacial score (nSPS) is 30.0. The molecular formula is C11H6F16O2. The molecule has 0 N–H and O–H groups in total. The Morgan fingerprint density at radius 2 is 0.690 bits per heavy atom. The lowest BCUT2D eigenvalue weighted by molar-refractivity contribution is -0.470. The molecular weight excluding hydrogens is 468 g/mol. The number of rotatable bonds is 4. The first-order valence-electron chi connectivity index (χ1n) is 6.59. The Morgan fingerprint density at radius 1 is 0.483 bits per heavy atom. The van der Waals surface area contributed by atoms with E-state index in [0.717, 1.165) is 0 Å². The summed E-state index contributed by atoms with van der Waals surface area (Å²) in [5.41, 5.74) is 0. The van der Waals surface area contributed by atoms with Gasteiger partial charge in [-0.05, 0) is 0 Å². The molecule has 0 radical (unpaired) electrons. The fourth-order valence-corrected chi connectivity index (χ4v) is 2.04. The van der Waals surface area contributed by atoms with Crippen LogP contribution >= 0.6 is 0 Å². The first-order chi connectivity index (χ1) is 12.2. The molecule has 0 saturated carbocycles. The van der Waals surface area contributed by atoms with Crippen LogP contribution in [0.4, 0.5) is 70.2 Å². The number of halogens is 16. The Bertz CT molecular complexity index is 583. The van der Waals surface area contributed by atoms with Gasteiger partial charge in [0, 0.05) is 13.8 Å². The van der Waals surface area contributed by atoms with Crippen molar-refractivity contribution in [1.82, 2.24) is 0 Å². The second-order valence-corrected chi connectivity index (χ2v) is 5.93. The van der Waals surface area contributed by atoms with Crippen molar-refractivity contribution in [2.24, 2.45) is 0 Å². The minimum Gasteiger partial charge on any atom is -0.288 e. The summed E-state index contributed by atoms with van der Waals surface area (Å²) in [6.45, 7) is -2.30. The molecule has 2 nitrogen and oxygen atoms in total. The van der Waals surface area contributed by atoms with Crippen LogP contribution in [-0.2, 0) is 9.47 Å². The van der Waals surface area contributed by atoms with Crippen molar-refractivity contribution in [2.75, 3.05) is 0 Å². The highest BCUT2D eigenvalue weighted by Crippen LogP contribution is 2.68. The molecule has 0 aromatic heterocycles. The maximum absolute atomic E-state index is 14.5. The molecule has 1 heterocycles. The zero-order valence-electron chi connectivity index (χ0n) is 13.4. The SMILES string of the molecule is CC(F)(F)C(F)(F)C1(F)OC(C(F)(F)F)(C(F)(F)F)OC1(F)C(F)(F)C(C)(F)F. The Hall–Kier alpha value is -1.20. The van der Waals surface area contributed by atoms with Gasteiger partial charge in [0.1, 0.15) is 0 Å². The van der Waals surface area contributed by atoms with Gasteiger partial charge < -0.3 is 0 Å². The number of alkyl halides is 16. The van der Waals surface area contributed by atoms with Gasteiger partial charge in [-0.25, -0.2) is 0 Å². The standard InChI is InChI=1S/C11H6F16O2/c1-3(12,13)5(16,17)7(20)8(21,6(18,19)4(2,14)15)29-9(28-7,10(22,23)24)11(25,26)27/h1-2H3. The molecule has 1 aliphatic heterocycles. The molecule has 1 fully saturated rings. The smallest absolute Gasteiger partial charge is 0.288 e. The second kappa shape index (κ2) is 5.94. The summed E-state index contributed by atoms with van der Waals surface area (Å²) in [5.74, 6) is -49.1. The lowest BCUT2D eigenvalue weighted by atomic mass is 9.90. The molecule has 0 amide bonds. The van der Waals surface area contributed by atoms with E-state index in [2.05, 4.69) is 9.47 Å². The van der Waals surface area contributed by atoms with Crippen molar-refractivity contribution in [3.63, 3.8) is 0 Å². The summed E-state index contributed by atoms with van der Waals surface area (Å²) in [6, 6.07) is 0. The molecule has 1 aliphatic rings. The summed E-state index contributed by atoms with van der Waals surface area (Å²) in [7, 11) is 0. The largest absolute Gasteiger partial charge is 0.453 e. The summed E-state index contributed by atoms with van der Waals surface area (Å²) >= 11 is 0. The maximum Gasteiger partial charge on any atom is 0.453 e. The lowest BCUT2D eigenvalue weighted by Crippen LogP contribution is -2.72. The van der Waals surface area contributed by atoms with Crippen LogP contribution in [0.3, 0.4) is 0 Å². The highest BCUT2D eigenvalue weighted by atomic mass is 19.4. The van der Waals surface area contributed by atoms with Crippen molar-refractivity contribution < 1.29 is 79.7 Å². The average Bonchev–Trinajstić information content (AvgIpc) is 2.68. The molecule has 2 atom stereocenters. The molecule has 29 heavy (non-hydrogen) atoms. The minimum atomic E-state index is -7.45. The zero-order chi connectivity index (χ0) is 23.9. The Kier molecular flexibility index (Phi) is 5.29. The van der Waals surface area contributed by atoms with Crippen LogP contribution in [0.5, 0.6) is 0 Å². The second-order valence-electron chi connectivity index (χ2n) is 5.93. The summed E-state index contributed by atoms with van der Waals surface area (Å²) in [5, 5.41) is 0.